The zero-order valence-corrected chi connectivity index (χ0v) is 14.4. The van der Waals surface area contributed by atoms with Crippen LogP contribution in [0.15, 0.2) is 47.3 Å². The molecular weight excluding hydrogens is 336 g/mol. The molecule has 4 rings (SSSR count). The van der Waals surface area contributed by atoms with Crippen molar-refractivity contribution in [1.29, 1.82) is 0 Å². The van der Waals surface area contributed by atoms with E-state index in [1.165, 1.54) is 11.8 Å². The summed E-state index contributed by atoms with van der Waals surface area (Å²) in [6.07, 6.45) is 6.21. The van der Waals surface area contributed by atoms with E-state index in [-0.39, 0.29) is 5.91 Å². The van der Waals surface area contributed by atoms with E-state index in [0.717, 1.165) is 16.8 Å². The second-order valence-corrected chi connectivity index (χ2v) is 6.31. The van der Waals surface area contributed by atoms with Gasteiger partial charge in [-0.1, -0.05) is 30.0 Å². The first kappa shape index (κ1) is 15.6. The Bertz CT molecular complexity index is 966. The SMILES string of the molecule is CSc1nc(Nc2ccccc2)n2ncc(/C=C3\CCNC3=O)c2n1. The molecule has 3 heterocycles. The fourth-order valence-electron chi connectivity index (χ4n) is 2.66. The molecule has 126 valence electrons. The zero-order chi connectivity index (χ0) is 17.2. The number of nitrogens with one attached hydrogen (secondary N) is 2. The number of para-hydroxylation sites is 1. The summed E-state index contributed by atoms with van der Waals surface area (Å²) in [6, 6.07) is 9.78. The molecule has 1 aliphatic rings. The molecule has 1 fully saturated rings. The summed E-state index contributed by atoms with van der Waals surface area (Å²) in [5.74, 6) is 0.558. The van der Waals surface area contributed by atoms with Gasteiger partial charge in [0.2, 0.25) is 11.9 Å². The van der Waals surface area contributed by atoms with Gasteiger partial charge in [-0.2, -0.15) is 14.6 Å². The zero-order valence-electron chi connectivity index (χ0n) is 13.6. The number of hydrogen-bond acceptors (Lipinski definition) is 6. The van der Waals surface area contributed by atoms with Crippen LogP contribution in [0, 0.1) is 0 Å². The molecule has 1 amide bonds. The topological polar surface area (TPSA) is 84.2 Å². The summed E-state index contributed by atoms with van der Waals surface area (Å²) in [4.78, 5) is 20.9. The molecule has 0 unspecified atom stereocenters. The Hall–Kier alpha value is -2.87. The van der Waals surface area contributed by atoms with Crippen molar-refractivity contribution in [3.63, 3.8) is 0 Å². The van der Waals surface area contributed by atoms with E-state index in [0.29, 0.717) is 29.7 Å². The minimum absolute atomic E-state index is 0.0267. The van der Waals surface area contributed by atoms with Gasteiger partial charge in [0.15, 0.2) is 10.8 Å². The summed E-state index contributed by atoms with van der Waals surface area (Å²) in [7, 11) is 0. The van der Waals surface area contributed by atoms with Gasteiger partial charge in [0, 0.05) is 23.4 Å². The molecule has 1 aromatic carbocycles. The van der Waals surface area contributed by atoms with Crippen LogP contribution in [0.2, 0.25) is 0 Å². The standard InChI is InChI=1S/C17H16N6OS/c1-25-17-21-14-12(9-11-7-8-18-15(11)24)10-19-23(14)16(22-17)20-13-5-3-2-4-6-13/h2-6,9-10H,7-8H2,1H3,(H,18,24)(H,20,21,22)/b11-9+. The Morgan fingerprint density at radius 3 is 2.84 bits per heavy atom. The number of carbonyl (C=O) groups is 1. The number of anilines is 2. The predicted octanol–water partition coefficient (Wildman–Crippen LogP) is 2.49. The molecule has 0 bridgehead atoms. The third-order valence-electron chi connectivity index (χ3n) is 3.89. The van der Waals surface area contributed by atoms with Gasteiger partial charge < -0.3 is 10.6 Å². The van der Waals surface area contributed by atoms with Gasteiger partial charge in [-0.25, -0.2) is 4.98 Å². The number of thioether (sulfide) groups is 1. The second-order valence-electron chi connectivity index (χ2n) is 5.54. The number of fused-ring (bicyclic) bond motifs is 1. The first-order chi connectivity index (χ1) is 12.2. The highest BCUT2D eigenvalue weighted by molar-refractivity contribution is 7.98. The summed E-state index contributed by atoms with van der Waals surface area (Å²) >= 11 is 1.46. The van der Waals surface area contributed by atoms with Crippen molar-refractivity contribution in [2.75, 3.05) is 18.1 Å². The van der Waals surface area contributed by atoms with Crippen LogP contribution < -0.4 is 10.6 Å². The Balaban J connectivity index is 1.80. The summed E-state index contributed by atoms with van der Waals surface area (Å²) in [5.41, 5.74) is 3.14. The number of nitrogens with zero attached hydrogens (tertiary/aromatic N) is 4. The largest absolute Gasteiger partial charge is 0.352 e. The lowest BCUT2D eigenvalue weighted by Gasteiger charge is -2.08. The first-order valence-corrected chi connectivity index (χ1v) is 9.07. The second kappa shape index (κ2) is 6.56. The molecule has 1 aliphatic heterocycles. The van der Waals surface area contributed by atoms with Gasteiger partial charge in [-0.05, 0) is 30.9 Å². The number of hydrogen-bond donors (Lipinski definition) is 2. The predicted molar refractivity (Wildman–Crippen MR) is 97.9 cm³/mol. The normalized spacial score (nSPS) is 15.7. The summed E-state index contributed by atoms with van der Waals surface area (Å²) in [6.45, 7) is 0.676. The van der Waals surface area contributed by atoms with Gasteiger partial charge >= 0.3 is 0 Å². The van der Waals surface area contributed by atoms with Crippen molar-refractivity contribution in [3.05, 3.63) is 47.7 Å². The van der Waals surface area contributed by atoms with Gasteiger partial charge in [0.1, 0.15) is 0 Å². The number of amides is 1. The van der Waals surface area contributed by atoms with Gasteiger partial charge in [0.05, 0.1) is 6.20 Å². The molecule has 0 aliphatic carbocycles. The molecule has 3 aromatic rings. The molecule has 8 heteroatoms. The van der Waals surface area contributed by atoms with Crippen molar-refractivity contribution in [3.8, 4) is 0 Å². The fraction of sp³-hybridized carbons (Fsp3) is 0.176. The highest BCUT2D eigenvalue weighted by Crippen LogP contribution is 2.23. The lowest BCUT2D eigenvalue weighted by atomic mass is 10.1. The maximum absolute atomic E-state index is 11.8. The van der Waals surface area contributed by atoms with Crippen molar-refractivity contribution in [2.45, 2.75) is 11.6 Å². The van der Waals surface area contributed by atoms with Crippen LogP contribution in [0.3, 0.4) is 0 Å². The van der Waals surface area contributed by atoms with Crippen LogP contribution in [0.5, 0.6) is 0 Å². The summed E-state index contributed by atoms with van der Waals surface area (Å²) in [5, 5.41) is 11.1. The Morgan fingerprint density at radius 2 is 2.12 bits per heavy atom. The van der Waals surface area contributed by atoms with E-state index < -0.39 is 0 Å². The average Bonchev–Trinajstić information content (AvgIpc) is 3.23. The maximum Gasteiger partial charge on any atom is 0.247 e. The minimum atomic E-state index is -0.0267. The van der Waals surface area contributed by atoms with E-state index in [9.17, 15) is 4.79 Å². The molecule has 0 saturated carbocycles. The van der Waals surface area contributed by atoms with Crippen LogP contribution in [-0.2, 0) is 4.79 Å². The molecule has 7 nitrogen and oxygen atoms in total. The first-order valence-electron chi connectivity index (χ1n) is 7.85. The highest BCUT2D eigenvalue weighted by Gasteiger charge is 2.18. The van der Waals surface area contributed by atoms with E-state index in [1.54, 1.807) is 10.7 Å². The average molecular weight is 352 g/mol. The van der Waals surface area contributed by atoms with Crippen molar-refractivity contribution in [1.82, 2.24) is 24.9 Å². The smallest absolute Gasteiger partial charge is 0.247 e. The van der Waals surface area contributed by atoms with Crippen molar-refractivity contribution >= 4 is 41.0 Å². The van der Waals surface area contributed by atoms with E-state index in [4.69, 9.17) is 0 Å². The molecule has 0 radical (unpaired) electrons. The molecule has 0 atom stereocenters. The molecule has 1 saturated heterocycles. The Morgan fingerprint density at radius 1 is 1.28 bits per heavy atom. The quantitative estimate of drug-likeness (QED) is 0.554. The Labute approximate surface area is 148 Å². The lowest BCUT2D eigenvalue weighted by Crippen LogP contribution is -2.14. The summed E-state index contributed by atoms with van der Waals surface area (Å²) < 4.78 is 1.66. The monoisotopic (exact) mass is 352 g/mol. The van der Waals surface area contributed by atoms with Crippen LogP contribution >= 0.6 is 11.8 Å². The molecular formula is C17H16N6OS. The van der Waals surface area contributed by atoms with E-state index in [1.807, 2.05) is 42.7 Å². The van der Waals surface area contributed by atoms with Crippen molar-refractivity contribution < 1.29 is 4.79 Å². The molecule has 2 aromatic heterocycles. The van der Waals surface area contributed by atoms with Gasteiger partial charge in [0.25, 0.3) is 0 Å². The lowest BCUT2D eigenvalue weighted by molar-refractivity contribution is -0.116. The van der Waals surface area contributed by atoms with Crippen LogP contribution in [0.1, 0.15) is 12.0 Å². The van der Waals surface area contributed by atoms with Crippen molar-refractivity contribution in [2.24, 2.45) is 0 Å². The molecule has 25 heavy (non-hydrogen) atoms. The number of carbonyl (C=O) groups excluding carboxylic acids is 1. The van der Waals surface area contributed by atoms with Crippen LogP contribution in [0.25, 0.3) is 11.7 Å². The van der Waals surface area contributed by atoms with Gasteiger partial charge in [-0.15, -0.1) is 0 Å². The number of benzene rings is 1. The van der Waals surface area contributed by atoms with Crippen LogP contribution in [-0.4, -0.2) is 38.3 Å². The van der Waals surface area contributed by atoms with Crippen LogP contribution in [0.4, 0.5) is 11.6 Å². The third kappa shape index (κ3) is 3.08. The Kier molecular flexibility index (Phi) is 4.10. The van der Waals surface area contributed by atoms with Gasteiger partial charge in [-0.3, -0.25) is 4.79 Å². The number of rotatable bonds is 4. The molecule has 2 N–H and O–H groups in total. The third-order valence-corrected chi connectivity index (χ3v) is 4.44. The van der Waals surface area contributed by atoms with E-state index >= 15 is 0 Å². The highest BCUT2D eigenvalue weighted by atomic mass is 32.2. The number of aromatic nitrogens is 4. The minimum Gasteiger partial charge on any atom is -0.352 e. The molecule has 0 spiro atoms. The maximum atomic E-state index is 11.8. The van der Waals surface area contributed by atoms with E-state index in [2.05, 4.69) is 25.7 Å². The fourth-order valence-corrected chi connectivity index (χ4v) is 3.02.